The Morgan fingerprint density at radius 2 is 1.75 bits per heavy atom. The molecule has 0 saturated heterocycles. The van der Waals surface area contributed by atoms with Gasteiger partial charge in [0.15, 0.2) is 6.61 Å². The van der Waals surface area contributed by atoms with Crippen molar-refractivity contribution in [1.29, 1.82) is 0 Å². The second kappa shape index (κ2) is 9.62. The fourth-order valence-electron chi connectivity index (χ4n) is 2.44. The molecule has 0 bridgehead atoms. The lowest BCUT2D eigenvalue weighted by molar-refractivity contribution is -0.142. The van der Waals surface area contributed by atoms with Crippen LogP contribution >= 0.6 is 11.3 Å². The number of esters is 1. The highest BCUT2D eigenvalue weighted by Crippen LogP contribution is 2.24. The Labute approximate surface area is 166 Å². The standard InChI is InChI=1S/C22H18FNO3S/c23-18-10-8-16(9-11-18)13-19(20-7-4-12-28-20)22(26)27-15-21(25)24-14-17-5-2-1-3-6-17/h1-13H,14-15H2,(H,24,25). The summed E-state index contributed by atoms with van der Waals surface area (Å²) >= 11 is 1.38. The highest BCUT2D eigenvalue weighted by atomic mass is 32.1. The number of rotatable bonds is 7. The summed E-state index contributed by atoms with van der Waals surface area (Å²) in [6, 6.07) is 18.8. The van der Waals surface area contributed by atoms with Gasteiger partial charge in [0.2, 0.25) is 0 Å². The zero-order valence-corrected chi connectivity index (χ0v) is 15.7. The van der Waals surface area contributed by atoms with E-state index in [1.807, 2.05) is 41.8 Å². The van der Waals surface area contributed by atoms with Gasteiger partial charge in [-0.25, -0.2) is 9.18 Å². The van der Waals surface area contributed by atoms with Gasteiger partial charge in [-0.15, -0.1) is 11.3 Å². The molecule has 2 aromatic carbocycles. The minimum atomic E-state index is -0.610. The summed E-state index contributed by atoms with van der Waals surface area (Å²) in [6.07, 6.45) is 1.62. The lowest BCUT2D eigenvalue weighted by atomic mass is 10.1. The van der Waals surface area contributed by atoms with Gasteiger partial charge in [0.25, 0.3) is 5.91 Å². The molecule has 0 radical (unpaired) electrons. The molecule has 0 aliphatic heterocycles. The van der Waals surface area contributed by atoms with E-state index in [0.29, 0.717) is 22.6 Å². The Balaban J connectivity index is 1.63. The Bertz CT molecular complexity index is 951. The molecule has 0 aliphatic carbocycles. The van der Waals surface area contributed by atoms with Crippen LogP contribution in [0.3, 0.4) is 0 Å². The van der Waals surface area contributed by atoms with Crippen LogP contribution in [-0.4, -0.2) is 18.5 Å². The van der Waals surface area contributed by atoms with Crippen molar-refractivity contribution in [2.24, 2.45) is 0 Å². The fraction of sp³-hybridized carbons (Fsp3) is 0.0909. The van der Waals surface area contributed by atoms with Crippen molar-refractivity contribution in [2.45, 2.75) is 6.54 Å². The summed E-state index contributed by atoms with van der Waals surface area (Å²) in [5.41, 5.74) is 1.94. The molecule has 6 heteroatoms. The van der Waals surface area contributed by atoms with Crippen molar-refractivity contribution in [3.05, 3.63) is 93.9 Å². The van der Waals surface area contributed by atoms with E-state index in [1.165, 1.54) is 23.5 Å². The van der Waals surface area contributed by atoms with Gasteiger partial charge < -0.3 is 10.1 Å². The average Bonchev–Trinajstić information content (AvgIpc) is 3.25. The molecule has 0 aliphatic rings. The monoisotopic (exact) mass is 395 g/mol. The molecule has 28 heavy (non-hydrogen) atoms. The molecule has 0 spiro atoms. The number of hydrogen-bond acceptors (Lipinski definition) is 4. The van der Waals surface area contributed by atoms with Gasteiger partial charge in [-0.1, -0.05) is 48.5 Å². The zero-order valence-electron chi connectivity index (χ0n) is 14.9. The van der Waals surface area contributed by atoms with Gasteiger partial charge >= 0.3 is 5.97 Å². The number of ether oxygens (including phenoxy) is 1. The topological polar surface area (TPSA) is 55.4 Å². The first kappa shape index (κ1) is 19.5. The number of carbonyl (C=O) groups excluding carboxylic acids is 2. The maximum absolute atomic E-state index is 13.1. The van der Waals surface area contributed by atoms with Crippen molar-refractivity contribution >= 4 is 34.9 Å². The van der Waals surface area contributed by atoms with Gasteiger partial charge in [-0.05, 0) is 40.8 Å². The van der Waals surface area contributed by atoms with E-state index < -0.39 is 5.97 Å². The van der Waals surface area contributed by atoms with Crippen LogP contribution in [0, 0.1) is 5.82 Å². The minimum absolute atomic E-state index is 0.317. The second-order valence-corrected chi connectivity index (χ2v) is 6.87. The lowest BCUT2D eigenvalue weighted by Crippen LogP contribution is -2.28. The summed E-state index contributed by atoms with van der Waals surface area (Å²) in [7, 11) is 0. The second-order valence-electron chi connectivity index (χ2n) is 5.93. The third kappa shape index (κ3) is 5.62. The molecule has 0 unspecified atom stereocenters. The number of thiophene rings is 1. The van der Waals surface area contributed by atoms with Crippen molar-refractivity contribution in [3.63, 3.8) is 0 Å². The number of nitrogens with one attached hydrogen (secondary N) is 1. The van der Waals surface area contributed by atoms with E-state index in [0.717, 1.165) is 5.56 Å². The van der Waals surface area contributed by atoms with Crippen LogP contribution in [0.25, 0.3) is 11.6 Å². The van der Waals surface area contributed by atoms with Crippen LogP contribution in [0.1, 0.15) is 16.0 Å². The van der Waals surface area contributed by atoms with Gasteiger partial charge in [-0.3, -0.25) is 4.79 Å². The maximum Gasteiger partial charge on any atom is 0.340 e. The van der Waals surface area contributed by atoms with Gasteiger partial charge in [0.05, 0.1) is 5.57 Å². The van der Waals surface area contributed by atoms with Crippen LogP contribution in [0.15, 0.2) is 72.1 Å². The third-order valence-corrected chi connectivity index (χ3v) is 4.76. The number of amides is 1. The van der Waals surface area contributed by atoms with Gasteiger partial charge in [0.1, 0.15) is 5.82 Å². The molecule has 1 amide bonds. The SMILES string of the molecule is O=C(COC(=O)C(=Cc1ccc(F)cc1)c1cccs1)NCc1ccccc1. The molecule has 0 atom stereocenters. The van der Waals surface area contributed by atoms with Crippen molar-refractivity contribution in [2.75, 3.05) is 6.61 Å². The van der Waals surface area contributed by atoms with Crippen LogP contribution in [-0.2, 0) is 20.9 Å². The van der Waals surface area contributed by atoms with E-state index in [-0.39, 0.29) is 18.3 Å². The van der Waals surface area contributed by atoms with Crippen LogP contribution in [0.2, 0.25) is 0 Å². The molecular weight excluding hydrogens is 377 g/mol. The lowest BCUT2D eigenvalue weighted by Gasteiger charge is -2.08. The van der Waals surface area contributed by atoms with Crippen molar-refractivity contribution in [1.82, 2.24) is 5.32 Å². The highest BCUT2D eigenvalue weighted by Gasteiger charge is 2.16. The normalized spacial score (nSPS) is 11.1. The fourth-order valence-corrected chi connectivity index (χ4v) is 3.17. The Morgan fingerprint density at radius 3 is 2.43 bits per heavy atom. The quantitative estimate of drug-likeness (QED) is 0.480. The first-order valence-electron chi connectivity index (χ1n) is 8.61. The van der Waals surface area contributed by atoms with E-state index in [1.54, 1.807) is 24.3 Å². The van der Waals surface area contributed by atoms with E-state index in [9.17, 15) is 14.0 Å². The van der Waals surface area contributed by atoms with Crippen LogP contribution in [0.4, 0.5) is 4.39 Å². The predicted molar refractivity (Wildman–Crippen MR) is 108 cm³/mol. The van der Waals surface area contributed by atoms with Crippen molar-refractivity contribution < 1.29 is 18.7 Å². The summed E-state index contributed by atoms with van der Waals surface area (Å²) in [4.78, 5) is 25.2. The largest absolute Gasteiger partial charge is 0.452 e. The zero-order chi connectivity index (χ0) is 19.8. The molecule has 0 fully saturated rings. The average molecular weight is 395 g/mol. The first-order chi connectivity index (χ1) is 13.6. The van der Waals surface area contributed by atoms with Gasteiger partial charge in [0, 0.05) is 11.4 Å². The molecule has 1 heterocycles. The summed E-state index contributed by atoms with van der Waals surface area (Å²) in [5.74, 6) is -1.35. The first-order valence-corrected chi connectivity index (χ1v) is 9.48. The van der Waals surface area contributed by atoms with E-state index in [2.05, 4.69) is 5.32 Å². The molecule has 1 aromatic heterocycles. The molecule has 3 rings (SSSR count). The smallest absolute Gasteiger partial charge is 0.340 e. The molecule has 142 valence electrons. The summed E-state index contributed by atoms with van der Waals surface area (Å²) < 4.78 is 18.3. The molecule has 0 saturated carbocycles. The Morgan fingerprint density at radius 1 is 1.00 bits per heavy atom. The minimum Gasteiger partial charge on any atom is -0.452 e. The van der Waals surface area contributed by atoms with Crippen LogP contribution < -0.4 is 5.32 Å². The Kier molecular flexibility index (Phi) is 6.70. The maximum atomic E-state index is 13.1. The number of carbonyl (C=O) groups is 2. The Hall–Kier alpha value is -3.25. The molecule has 4 nitrogen and oxygen atoms in total. The number of hydrogen-bond donors (Lipinski definition) is 1. The third-order valence-electron chi connectivity index (χ3n) is 3.85. The van der Waals surface area contributed by atoms with Crippen LogP contribution in [0.5, 0.6) is 0 Å². The summed E-state index contributed by atoms with van der Waals surface area (Å²) in [5, 5.41) is 4.55. The molecule has 1 N–H and O–H groups in total. The van der Waals surface area contributed by atoms with Gasteiger partial charge in [-0.2, -0.15) is 0 Å². The van der Waals surface area contributed by atoms with E-state index in [4.69, 9.17) is 4.74 Å². The number of benzene rings is 2. The molecular formula is C22H18FNO3S. The highest BCUT2D eigenvalue weighted by molar-refractivity contribution is 7.11. The number of halogens is 1. The van der Waals surface area contributed by atoms with Crippen molar-refractivity contribution in [3.8, 4) is 0 Å². The molecule has 3 aromatic rings. The van der Waals surface area contributed by atoms with E-state index >= 15 is 0 Å². The summed E-state index contributed by atoms with van der Waals surface area (Å²) in [6.45, 7) is -0.0157. The predicted octanol–water partition coefficient (Wildman–Crippen LogP) is 4.29.